The van der Waals surface area contributed by atoms with Crippen LogP contribution in [0.5, 0.6) is 5.75 Å². The normalized spacial score (nSPS) is 17.1. The summed E-state index contributed by atoms with van der Waals surface area (Å²) in [6.45, 7) is 5.81. The number of benzene rings is 3. The molecule has 6 rings (SSSR count). The molecular weight excluding hydrogens is 426 g/mol. The number of hydrogen-bond donors (Lipinski definition) is 1. The number of nitrogens with zero attached hydrogens (tertiary/aromatic N) is 2. The molecule has 1 fully saturated rings. The molecule has 0 spiro atoms. The van der Waals surface area contributed by atoms with Crippen molar-refractivity contribution >= 4 is 33.7 Å². The van der Waals surface area contributed by atoms with E-state index in [1.54, 1.807) is 0 Å². The molecule has 34 heavy (non-hydrogen) atoms. The Morgan fingerprint density at radius 2 is 1.91 bits per heavy atom. The van der Waals surface area contributed by atoms with Gasteiger partial charge in [0.05, 0.1) is 28.9 Å². The van der Waals surface area contributed by atoms with E-state index >= 15 is 0 Å². The first-order valence-corrected chi connectivity index (χ1v) is 12.0. The summed E-state index contributed by atoms with van der Waals surface area (Å²) in [4.78, 5) is 16.2. The number of aromatic nitrogens is 1. The summed E-state index contributed by atoms with van der Waals surface area (Å²) in [6.07, 6.45) is 3.51. The number of carbonyl (C=O) groups is 1. The Morgan fingerprint density at radius 3 is 2.68 bits per heavy atom. The van der Waals surface area contributed by atoms with Crippen LogP contribution in [0.2, 0.25) is 0 Å². The number of rotatable bonds is 5. The van der Waals surface area contributed by atoms with Gasteiger partial charge in [0, 0.05) is 29.4 Å². The molecule has 2 aliphatic rings. The van der Waals surface area contributed by atoms with E-state index in [1.807, 2.05) is 55.5 Å². The van der Waals surface area contributed by atoms with Gasteiger partial charge in [0.25, 0.3) is 0 Å². The Labute approximate surface area is 198 Å². The average molecular weight is 454 g/mol. The highest BCUT2D eigenvalue weighted by Gasteiger charge is 2.34. The fourth-order valence-electron chi connectivity index (χ4n) is 5.27. The molecule has 0 radical (unpaired) electrons. The monoisotopic (exact) mass is 453 g/mol. The summed E-state index contributed by atoms with van der Waals surface area (Å²) in [6, 6.07) is 17.9. The minimum atomic E-state index is -0.0111. The maximum atomic E-state index is 13.8. The molecule has 6 heteroatoms. The standard InChI is InChI=1S/C28H27N3O3/c1-3-33-19-13-11-18(12-14-19)29-22-16-23(31-15-7-6-8-17(31)2)26-25-24(22)27(32)20-9-4-5-10-21(20)28(25)34-30-26/h4-5,9-14,16-17,29H,3,6-8,15H2,1-2H3/t17-/m0/s1. The van der Waals surface area contributed by atoms with Crippen LogP contribution in [0.1, 0.15) is 49.0 Å². The quantitative estimate of drug-likeness (QED) is 0.325. The lowest BCUT2D eigenvalue weighted by Gasteiger charge is -2.36. The minimum absolute atomic E-state index is 0.0111. The molecule has 2 heterocycles. The van der Waals surface area contributed by atoms with E-state index in [2.05, 4.69) is 28.4 Å². The van der Waals surface area contributed by atoms with Gasteiger partial charge in [0.1, 0.15) is 11.3 Å². The molecule has 0 saturated carbocycles. The first-order chi connectivity index (χ1) is 16.7. The summed E-state index contributed by atoms with van der Waals surface area (Å²) < 4.78 is 11.5. The van der Waals surface area contributed by atoms with Gasteiger partial charge in [-0.15, -0.1) is 0 Å². The van der Waals surface area contributed by atoms with E-state index in [9.17, 15) is 4.79 Å². The number of nitrogens with one attached hydrogen (secondary N) is 1. The van der Waals surface area contributed by atoms with Crippen molar-refractivity contribution in [1.82, 2.24) is 5.16 Å². The summed E-state index contributed by atoms with van der Waals surface area (Å²) in [5.74, 6) is 1.48. The number of anilines is 3. The maximum absolute atomic E-state index is 13.8. The van der Waals surface area contributed by atoms with Crippen molar-refractivity contribution in [2.45, 2.75) is 39.2 Å². The highest BCUT2D eigenvalue weighted by atomic mass is 16.5. The molecule has 1 aliphatic heterocycles. The second-order valence-electron chi connectivity index (χ2n) is 9.05. The summed E-state index contributed by atoms with van der Waals surface area (Å²) in [7, 11) is 0. The fraction of sp³-hybridized carbons (Fsp3) is 0.286. The van der Waals surface area contributed by atoms with Crippen LogP contribution in [0.15, 0.2) is 59.1 Å². The zero-order chi connectivity index (χ0) is 23.2. The minimum Gasteiger partial charge on any atom is -0.494 e. The van der Waals surface area contributed by atoms with E-state index in [-0.39, 0.29) is 5.78 Å². The molecule has 4 aromatic rings. The Balaban J connectivity index is 1.55. The van der Waals surface area contributed by atoms with Crippen LogP contribution in [-0.4, -0.2) is 30.1 Å². The number of fused-ring (bicyclic) bond motifs is 2. The van der Waals surface area contributed by atoms with E-state index in [1.165, 1.54) is 6.42 Å². The van der Waals surface area contributed by atoms with Gasteiger partial charge in [-0.2, -0.15) is 0 Å². The van der Waals surface area contributed by atoms with Crippen LogP contribution in [0.4, 0.5) is 17.1 Å². The van der Waals surface area contributed by atoms with Gasteiger partial charge >= 0.3 is 0 Å². The summed E-state index contributed by atoms with van der Waals surface area (Å²) >= 11 is 0. The largest absolute Gasteiger partial charge is 0.494 e. The highest BCUT2D eigenvalue weighted by molar-refractivity contribution is 6.28. The number of ether oxygens (including phenoxy) is 1. The first kappa shape index (κ1) is 20.8. The molecule has 1 N–H and O–H groups in total. The van der Waals surface area contributed by atoms with Crippen molar-refractivity contribution < 1.29 is 14.1 Å². The van der Waals surface area contributed by atoms with E-state index in [4.69, 9.17) is 9.26 Å². The van der Waals surface area contributed by atoms with Crippen molar-refractivity contribution in [3.8, 4) is 17.1 Å². The van der Waals surface area contributed by atoms with Crippen LogP contribution in [0, 0.1) is 0 Å². The maximum Gasteiger partial charge on any atom is 0.196 e. The lowest BCUT2D eigenvalue weighted by Crippen LogP contribution is -2.37. The second-order valence-corrected chi connectivity index (χ2v) is 9.05. The van der Waals surface area contributed by atoms with Gasteiger partial charge in [-0.05, 0) is 63.4 Å². The van der Waals surface area contributed by atoms with Crippen LogP contribution in [0.3, 0.4) is 0 Å². The zero-order valence-electron chi connectivity index (χ0n) is 19.4. The van der Waals surface area contributed by atoms with Crippen LogP contribution in [-0.2, 0) is 0 Å². The molecule has 6 nitrogen and oxygen atoms in total. The van der Waals surface area contributed by atoms with Crippen LogP contribution in [0.25, 0.3) is 22.2 Å². The first-order valence-electron chi connectivity index (χ1n) is 12.0. The van der Waals surface area contributed by atoms with Gasteiger partial charge in [-0.1, -0.05) is 29.4 Å². The lowest BCUT2D eigenvalue weighted by molar-refractivity contribution is 0.104. The third kappa shape index (κ3) is 3.24. The molecule has 1 atom stereocenters. The molecule has 172 valence electrons. The molecule has 0 bridgehead atoms. The third-order valence-corrected chi connectivity index (χ3v) is 6.94. The fourth-order valence-corrected chi connectivity index (χ4v) is 5.27. The topological polar surface area (TPSA) is 67.6 Å². The van der Waals surface area contributed by atoms with Crippen molar-refractivity contribution in [2.75, 3.05) is 23.4 Å². The van der Waals surface area contributed by atoms with Gasteiger partial charge in [-0.3, -0.25) is 4.79 Å². The molecule has 1 saturated heterocycles. The SMILES string of the molecule is CCOc1ccc(Nc2cc(N3CCCC[C@@H]3C)c3noc4c3c2C(=O)c2ccccc2-4)cc1. The van der Waals surface area contributed by atoms with Gasteiger partial charge < -0.3 is 19.5 Å². The number of piperidine rings is 1. The van der Waals surface area contributed by atoms with Crippen molar-refractivity contribution in [1.29, 1.82) is 0 Å². The predicted molar refractivity (Wildman–Crippen MR) is 134 cm³/mol. The van der Waals surface area contributed by atoms with Crippen molar-refractivity contribution in [3.63, 3.8) is 0 Å². The molecule has 0 unspecified atom stereocenters. The van der Waals surface area contributed by atoms with E-state index in [0.717, 1.165) is 58.7 Å². The highest BCUT2D eigenvalue weighted by Crippen LogP contribution is 2.47. The van der Waals surface area contributed by atoms with Gasteiger partial charge in [0.2, 0.25) is 0 Å². The number of hydrogen-bond acceptors (Lipinski definition) is 6. The third-order valence-electron chi connectivity index (χ3n) is 6.94. The van der Waals surface area contributed by atoms with E-state index < -0.39 is 0 Å². The van der Waals surface area contributed by atoms with E-state index in [0.29, 0.717) is 29.5 Å². The Bertz CT molecular complexity index is 1390. The van der Waals surface area contributed by atoms with Crippen LogP contribution < -0.4 is 15.0 Å². The van der Waals surface area contributed by atoms with Gasteiger partial charge in [-0.25, -0.2) is 0 Å². The predicted octanol–water partition coefficient (Wildman–Crippen LogP) is 6.56. The Kier molecular flexibility index (Phi) is 5.01. The molecule has 0 amide bonds. The smallest absolute Gasteiger partial charge is 0.196 e. The lowest BCUT2D eigenvalue weighted by atomic mass is 9.86. The Morgan fingerprint density at radius 1 is 1.12 bits per heavy atom. The van der Waals surface area contributed by atoms with Gasteiger partial charge in [0.15, 0.2) is 11.5 Å². The average Bonchev–Trinajstić information content (AvgIpc) is 3.30. The second kappa shape index (κ2) is 8.20. The molecule has 3 aromatic carbocycles. The summed E-state index contributed by atoms with van der Waals surface area (Å²) in [5.41, 5.74) is 5.50. The zero-order valence-corrected chi connectivity index (χ0v) is 19.4. The van der Waals surface area contributed by atoms with Crippen molar-refractivity contribution in [3.05, 3.63) is 65.7 Å². The number of ketones is 1. The molecule has 1 aliphatic carbocycles. The Hall–Kier alpha value is -3.80. The molecular formula is C28H27N3O3. The summed E-state index contributed by atoms with van der Waals surface area (Å²) in [5, 5.41) is 8.82. The molecule has 1 aromatic heterocycles. The number of carbonyl (C=O) groups excluding carboxylic acids is 1. The van der Waals surface area contributed by atoms with Crippen LogP contribution >= 0.6 is 0 Å². The van der Waals surface area contributed by atoms with Crippen molar-refractivity contribution in [2.24, 2.45) is 0 Å².